The van der Waals surface area contributed by atoms with Crippen molar-refractivity contribution in [1.29, 1.82) is 0 Å². The van der Waals surface area contributed by atoms with Gasteiger partial charge in [-0.3, -0.25) is 4.79 Å². The molecule has 0 N–H and O–H groups in total. The zero-order valence-electron chi connectivity index (χ0n) is 11.9. The number of hydrogen-bond donors (Lipinski definition) is 0. The molecule has 1 amide bonds. The van der Waals surface area contributed by atoms with Crippen LogP contribution in [0.25, 0.3) is 0 Å². The van der Waals surface area contributed by atoms with Gasteiger partial charge in [0.25, 0.3) is 5.92 Å². The number of amides is 1. The average molecular weight is 295 g/mol. The molecule has 2 heterocycles. The maximum atomic E-state index is 13.5. The van der Waals surface area contributed by atoms with Crippen LogP contribution in [0, 0.1) is 5.41 Å². The van der Waals surface area contributed by atoms with Crippen molar-refractivity contribution in [2.45, 2.75) is 51.0 Å². The van der Waals surface area contributed by atoms with E-state index in [0.29, 0.717) is 6.42 Å². The van der Waals surface area contributed by atoms with E-state index in [0.717, 1.165) is 37.1 Å². The van der Waals surface area contributed by atoms with Gasteiger partial charge in [0.1, 0.15) is 6.54 Å². The Balaban J connectivity index is 1.40. The maximum absolute atomic E-state index is 13.5. The number of aromatic nitrogens is 2. The number of aryl methyl sites for hydroxylation is 1. The summed E-state index contributed by atoms with van der Waals surface area (Å²) in [5.74, 6) is -2.63. The summed E-state index contributed by atoms with van der Waals surface area (Å²) in [6.07, 6.45) is 6.48. The van der Waals surface area contributed by atoms with Crippen LogP contribution in [0.2, 0.25) is 0 Å². The molecule has 0 unspecified atom stereocenters. The minimum atomic E-state index is -2.57. The Kier molecular flexibility index (Phi) is 2.69. The van der Waals surface area contributed by atoms with E-state index in [9.17, 15) is 13.6 Å². The van der Waals surface area contributed by atoms with Crippen molar-refractivity contribution in [2.75, 3.05) is 13.1 Å². The van der Waals surface area contributed by atoms with E-state index >= 15 is 0 Å². The number of alkyl halides is 2. The third-order valence-electron chi connectivity index (χ3n) is 5.45. The first-order chi connectivity index (χ1) is 10.0. The van der Waals surface area contributed by atoms with E-state index in [1.807, 2.05) is 4.57 Å². The van der Waals surface area contributed by atoms with Gasteiger partial charge in [-0.1, -0.05) is 0 Å². The number of imidazole rings is 1. The summed E-state index contributed by atoms with van der Waals surface area (Å²) in [6, 6.07) is 0. The smallest absolute Gasteiger partial charge is 0.257 e. The first kappa shape index (κ1) is 13.2. The fourth-order valence-electron chi connectivity index (χ4n) is 3.83. The standard InChI is InChI=1S/C15H19F2N3O/c16-15(17)6-5-14(15)8-20(9-14)13(21)7-19-10-18-11-3-1-2-4-12(11)19/h10H,1-9H2. The van der Waals surface area contributed by atoms with Gasteiger partial charge in [0.15, 0.2) is 0 Å². The monoisotopic (exact) mass is 295 g/mol. The van der Waals surface area contributed by atoms with Gasteiger partial charge in [0.2, 0.25) is 5.91 Å². The molecule has 114 valence electrons. The van der Waals surface area contributed by atoms with Crippen molar-refractivity contribution in [2.24, 2.45) is 5.41 Å². The zero-order chi connectivity index (χ0) is 14.7. The number of halogens is 2. The molecule has 1 spiro atoms. The van der Waals surface area contributed by atoms with E-state index in [-0.39, 0.29) is 32.0 Å². The third-order valence-corrected chi connectivity index (χ3v) is 5.45. The summed E-state index contributed by atoms with van der Waals surface area (Å²) < 4.78 is 29.0. The predicted molar refractivity (Wildman–Crippen MR) is 72.1 cm³/mol. The predicted octanol–water partition coefficient (Wildman–Crippen LogP) is 2.02. The molecule has 0 bridgehead atoms. The van der Waals surface area contributed by atoms with Crippen molar-refractivity contribution in [3.05, 3.63) is 17.7 Å². The molecule has 1 aliphatic heterocycles. The van der Waals surface area contributed by atoms with E-state index in [1.165, 1.54) is 0 Å². The Labute approximate surface area is 122 Å². The lowest BCUT2D eigenvalue weighted by Crippen LogP contribution is -2.71. The van der Waals surface area contributed by atoms with Crippen molar-refractivity contribution >= 4 is 5.91 Å². The Hall–Kier alpha value is -1.46. The molecule has 3 aliphatic rings. The van der Waals surface area contributed by atoms with Gasteiger partial charge in [-0.25, -0.2) is 13.8 Å². The molecule has 1 aromatic rings. The van der Waals surface area contributed by atoms with Gasteiger partial charge in [0, 0.05) is 25.2 Å². The number of carbonyl (C=O) groups excluding carboxylic acids is 1. The lowest BCUT2D eigenvalue weighted by molar-refractivity contribution is -0.255. The van der Waals surface area contributed by atoms with Gasteiger partial charge in [-0.2, -0.15) is 0 Å². The number of rotatable bonds is 2. The number of fused-ring (bicyclic) bond motifs is 1. The molecule has 4 nitrogen and oxygen atoms in total. The zero-order valence-corrected chi connectivity index (χ0v) is 11.9. The molecule has 6 heteroatoms. The van der Waals surface area contributed by atoms with Crippen LogP contribution < -0.4 is 0 Å². The Morgan fingerprint density at radius 1 is 1.24 bits per heavy atom. The van der Waals surface area contributed by atoms with E-state index in [4.69, 9.17) is 0 Å². The molecule has 0 radical (unpaired) electrons. The molecule has 2 fully saturated rings. The highest BCUT2D eigenvalue weighted by atomic mass is 19.3. The van der Waals surface area contributed by atoms with Gasteiger partial charge in [-0.05, 0) is 32.1 Å². The highest BCUT2D eigenvalue weighted by Crippen LogP contribution is 2.58. The highest BCUT2D eigenvalue weighted by Gasteiger charge is 2.67. The second-order valence-corrected chi connectivity index (χ2v) is 6.71. The fourth-order valence-corrected chi connectivity index (χ4v) is 3.83. The number of likely N-dealkylation sites (tertiary alicyclic amines) is 1. The van der Waals surface area contributed by atoms with Crippen LogP contribution in [0.1, 0.15) is 37.1 Å². The lowest BCUT2D eigenvalue weighted by Gasteiger charge is -2.59. The Morgan fingerprint density at radius 2 is 2.00 bits per heavy atom. The quantitative estimate of drug-likeness (QED) is 0.837. The van der Waals surface area contributed by atoms with Crippen LogP contribution in [0.5, 0.6) is 0 Å². The van der Waals surface area contributed by atoms with Gasteiger partial charge in [0.05, 0.1) is 17.4 Å². The van der Waals surface area contributed by atoms with Crippen LogP contribution in [-0.4, -0.2) is 39.4 Å². The Bertz CT molecular complexity index is 590. The van der Waals surface area contributed by atoms with Gasteiger partial charge in [-0.15, -0.1) is 0 Å². The third kappa shape index (κ3) is 1.84. The molecule has 1 aromatic heterocycles. The average Bonchev–Trinajstić information content (AvgIpc) is 2.80. The van der Waals surface area contributed by atoms with Gasteiger partial charge >= 0.3 is 0 Å². The van der Waals surface area contributed by atoms with Crippen molar-refractivity contribution in [3.63, 3.8) is 0 Å². The Morgan fingerprint density at radius 3 is 2.67 bits per heavy atom. The summed E-state index contributed by atoms with van der Waals surface area (Å²) in [6.45, 7) is 0.676. The van der Waals surface area contributed by atoms with Crippen molar-refractivity contribution in [3.8, 4) is 0 Å². The minimum Gasteiger partial charge on any atom is -0.339 e. The molecule has 4 rings (SSSR count). The second-order valence-electron chi connectivity index (χ2n) is 6.71. The molecule has 0 atom stereocenters. The molecule has 1 saturated heterocycles. The summed E-state index contributed by atoms with van der Waals surface area (Å²) in [5, 5.41) is 0. The first-order valence-electron chi connectivity index (χ1n) is 7.69. The normalized spacial score (nSPS) is 25.1. The minimum absolute atomic E-state index is 0.0238. The van der Waals surface area contributed by atoms with E-state index in [1.54, 1.807) is 11.2 Å². The maximum Gasteiger partial charge on any atom is 0.257 e. The number of carbonyl (C=O) groups is 1. The second kappa shape index (κ2) is 4.27. The van der Waals surface area contributed by atoms with Crippen LogP contribution in [0.4, 0.5) is 8.78 Å². The SMILES string of the molecule is O=C(Cn1cnc2c1CCCC2)N1CC2(CCC2(F)F)C1. The fraction of sp³-hybridized carbons (Fsp3) is 0.733. The van der Waals surface area contributed by atoms with E-state index < -0.39 is 11.3 Å². The number of hydrogen-bond acceptors (Lipinski definition) is 2. The first-order valence-corrected chi connectivity index (χ1v) is 7.69. The molecular formula is C15H19F2N3O. The molecule has 21 heavy (non-hydrogen) atoms. The molecule has 1 saturated carbocycles. The van der Waals surface area contributed by atoms with Crippen LogP contribution >= 0.6 is 0 Å². The molecule has 0 aromatic carbocycles. The van der Waals surface area contributed by atoms with Crippen LogP contribution in [0.15, 0.2) is 6.33 Å². The van der Waals surface area contributed by atoms with Crippen molar-refractivity contribution in [1.82, 2.24) is 14.5 Å². The summed E-state index contributed by atoms with van der Waals surface area (Å²) in [5.41, 5.74) is 1.34. The van der Waals surface area contributed by atoms with Crippen molar-refractivity contribution < 1.29 is 13.6 Å². The largest absolute Gasteiger partial charge is 0.339 e. The summed E-state index contributed by atoms with van der Waals surface area (Å²) in [7, 11) is 0. The van der Waals surface area contributed by atoms with Crippen LogP contribution in [-0.2, 0) is 24.2 Å². The summed E-state index contributed by atoms with van der Waals surface area (Å²) in [4.78, 5) is 18.2. The molecule has 2 aliphatic carbocycles. The lowest BCUT2D eigenvalue weighted by atomic mass is 9.60. The van der Waals surface area contributed by atoms with Crippen LogP contribution in [0.3, 0.4) is 0 Å². The molecular weight excluding hydrogens is 276 g/mol. The topological polar surface area (TPSA) is 38.1 Å². The van der Waals surface area contributed by atoms with E-state index in [2.05, 4.69) is 4.98 Å². The summed E-state index contributed by atoms with van der Waals surface area (Å²) >= 11 is 0. The number of nitrogens with zero attached hydrogens (tertiary/aromatic N) is 3. The van der Waals surface area contributed by atoms with Gasteiger partial charge < -0.3 is 9.47 Å². The highest BCUT2D eigenvalue weighted by molar-refractivity contribution is 5.77.